The second kappa shape index (κ2) is 13.3. The Balaban J connectivity index is 1.87. The molecular weight excluding hydrogens is 596 g/mol. The Morgan fingerprint density at radius 1 is 0.628 bits per heavy atom. The summed E-state index contributed by atoms with van der Waals surface area (Å²) in [5, 5.41) is 0. The fourth-order valence-corrected chi connectivity index (χ4v) is 5.25. The highest BCUT2D eigenvalue weighted by molar-refractivity contribution is 7.86. The Morgan fingerprint density at radius 2 is 1.26 bits per heavy atom. The van der Waals surface area contributed by atoms with Crippen molar-refractivity contribution in [3.8, 4) is 56.8 Å². The summed E-state index contributed by atoms with van der Waals surface area (Å²) < 4.78 is 82.0. The summed E-state index contributed by atoms with van der Waals surface area (Å²) in [7, 11) is -4.81. The van der Waals surface area contributed by atoms with Crippen molar-refractivity contribution in [2.45, 2.75) is 13.5 Å². The van der Waals surface area contributed by atoms with Gasteiger partial charge in [-0.05, 0) is 53.9 Å². The molecule has 0 N–H and O–H groups in total. The Morgan fingerprint density at radius 3 is 1.84 bits per heavy atom. The normalized spacial score (nSPS) is 11.5. The molecule has 0 saturated heterocycles. The SMILES string of the molecule is CCOc1c(-c2ccc(OS(C)(=O)=O)cc2)cc(OC)c(-c2ccc(OCc3ccccc3)c(OC)c2)c1OS(C)(=O)=O. The zero-order valence-electron chi connectivity index (χ0n) is 24.3. The zero-order valence-corrected chi connectivity index (χ0v) is 26.0. The summed E-state index contributed by atoms with van der Waals surface area (Å²) in [5.74, 6) is 1.34. The molecule has 12 heteroatoms. The van der Waals surface area contributed by atoms with Crippen LogP contribution in [0, 0.1) is 0 Å². The van der Waals surface area contributed by atoms with E-state index >= 15 is 0 Å². The van der Waals surface area contributed by atoms with Crippen molar-refractivity contribution in [2.75, 3.05) is 33.3 Å². The lowest BCUT2D eigenvalue weighted by molar-refractivity contribution is 0.284. The molecule has 0 unspecified atom stereocenters. The molecule has 0 spiro atoms. The van der Waals surface area contributed by atoms with Gasteiger partial charge in [-0.25, -0.2) is 0 Å². The maximum atomic E-state index is 12.5. The quantitative estimate of drug-likeness (QED) is 0.171. The van der Waals surface area contributed by atoms with Crippen LogP contribution in [0.4, 0.5) is 0 Å². The minimum absolute atomic E-state index is 0.0878. The number of benzene rings is 4. The van der Waals surface area contributed by atoms with Gasteiger partial charge in [-0.2, -0.15) is 16.8 Å². The monoisotopic (exact) mass is 628 g/mol. The third kappa shape index (κ3) is 8.11. The maximum absolute atomic E-state index is 12.5. The first-order valence-corrected chi connectivity index (χ1v) is 16.7. The van der Waals surface area contributed by atoms with E-state index in [0.717, 1.165) is 18.1 Å². The minimum Gasteiger partial charge on any atom is -0.496 e. The predicted octanol–water partition coefficient (Wildman–Crippen LogP) is 5.69. The van der Waals surface area contributed by atoms with Gasteiger partial charge < -0.3 is 27.3 Å². The van der Waals surface area contributed by atoms with Gasteiger partial charge in [0.2, 0.25) is 0 Å². The lowest BCUT2D eigenvalue weighted by Gasteiger charge is -2.22. The number of rotatable bonds is 13. The predicted molar refractivity (Wildman–Crippen MR) is 163 cm³/mol. The number of methoxy groups -OCH3 is 2. The molecule has 0 fully saturated rings. The third-order valence-corrected chi connectivity index (χ3v) is 7.01. The second-order valence-electron chi connectivity index (χ2n) is 9.33. The molecule has 4 aromatic rings. The molecule has 0 heterocycles. The first-order valence-electron chi connectivity index (χ1n) is 13.0. The first kappa shape index (κ1) is 31.5. The smallest absolute Gasteiger partial charge is 0.306 e. The van der Waals surface area contributed by atoms with Crippen LogP contribution < -0.4 is 27.3 Å². The molecular formula is C31H32O10S2. The van der Waals surface area contributed by atoms with Gasteiger partial charge in [0.1, 0.15) is 18.1 Å². The molecule has 0 radical (unpaired) electrons. The van der Waals surface area contributed by atoms with Crippen LogP contribution in [0.15, 0.2) is 78.9 Å². The molecule has 10 nitrogen and oxygen atoms in total. The van der Waals surface area contributed by atoms with Crippen LogP contribution in [0.5, 0.6) is 34.5 Å². The zero-order chi connectivity index (χ0) is 31.2. The van der Waals surface area contributed by atoms with E-state index in [-0.39, 0.29) is 29.6 Å². The molecule has 0 bridgehead atoms. The summed E-state index contributed by atoms with van der Waals surface area (Å²) in [6.07, 6.45) is 1.88. The van der Waals surface area contributed by atoms with Gasteiger partial charge in [0, 0.05) is 5.56 Å². The topological polar surface area (TPSA) is 124 Å². The minimum atomic E-state index is -4.04. The van der Waals surface area contributed by atoms with E-state index in [1.54, 1.807) is 43.3 Å². The van der Waals surface area contributed by atoms with E-state index < -0.39 is 20.2 Å². The van der Waals surface area contributed by atoms with Gasteiger partial charge in [-0.15, -0.1) is 0 Å². The van der Waals surface area contributed by atoms with Crippen molar-refractivity contribution in [3.05, 3.63) is 84.4 Å². The van der Waals surface area contributed by atoms with E-state index in [9.17, 15) is 16.8 Å². The van der Waals surface area contributed by atoms with E-state index in [0.29, 0.717) is 40.4 Å². The van der Waals surface area contributed by atoms with Crippen LogP contribution in [0.3, 0.4) is 0 Å². The van der Waals surface area contributed by atoms with Gasteiger partial charge in [0.05, 0.1) is 38.9 Å². The Kier molecular flexibility index (Phi) is 9.72. The lowest BCUT2D eigenvalue weighted by atomic mass is 9.96. The van der Waals surface area contributed by atoms with E-state index in [1.807, 2.05) is 30.3 Å². The standard InChI is InChI=1S/C31H32O10S2/c1-6-38-30-25(22-12-15-24(16-13-22)40-42(4,32)33)19-28(37-3)29(31(30)41-43(5,34)35)23-14-17-26(27(18-23)36-2)39-20-21-10-8-7-9-11-21/h7-19H,6,20H2,1-5H3. The number of hydrogen-bond acceptors (Lipinski definition) is 10. The fraction of sp³-hybridized carbons (Fsp3) is 0.226. The third-order valence-electron chi connectivity index (χ3n) is 6.05. The van der Waals surface area contributed by atoms with E-state index in [1.165, 1.54) is 26.4 Å². The van der Waals surface area contributed by atoms with Crippen LogP contribution in [-0.2, 0) is 26.8 Å². The first-order chi connectivity index (χ1) is 20.4. The summed E-state index contributed by atoms with van der Waals surface area (Å²) in [6, 6.07) is 22.7. The van der Waals surface area contributed by atoms with Gasteiger partial charge >= 0.3 is 20.2 Å². The van der Waals surface area contributed by atoms with Crippen molar-refractivity contribution in [1.82, 2.24) is 0 Å². The second-order valence-corrected chi connectivity index (χ2v) is 12.5. The highest BCUT2D eigenvalue weighted by atomic mass is 32.2. The van der Waals surface area contributed by atoms with Crippen LogP contribution in [-0.4, -0.2) is 50.2 Å². The number of ether oxygens (including phenoxy) is 4. The van der Waals surface area contributed by atoms with Crippen LogP contribution in [0.2, 0.25) is 0 Å². The van der Waals surface area contributed by atoms with E-state index in [2.05, 4.69) is 0 Å². The lowest BCUT2D eigenvalue weighted by Crippen LogP contribution is -2.10. The molecule has 0 aliphatic carbocycles. The Hall–Kier alpha value is -4.42. The maximum Gasteiger partial charge on any atom is 0.306 e. The Bertz CT molecular complexity index is 1780. The molecule has 0 amide bonds. The molecule has 43 heavy (non-hydrogen) atoms. The average Bonchev–Trinajstić information content (AvgIpc) is 2.96. The molecule has 228 valence electrons. The molecule has 0 aliphatic rings. The summed E-state index contributed by atoms with van der Waals surface area (Å²) in [6.45, 7) is 2.26. The molecule has 4 rings (SSSR count). The van der Waals surface area contributed by atoms with Gasteiger partial charge in [-0.3, -0.25) is 0 Å². The number of hydrogen-bond donors (Lipinski definition) is 0. The highest BCUT2D eigenvalue weighted by Crippen LogP contribution is 2.52. The summed E-state index contributed by atoms with van der Waals surface area (Å²) in [4.78, 5) is 0. The molecule has 0 saturated carbocycles. The fourth-order valence-electron chi connectivity index (χ4n) is 4.33. The molecule has 0 aromatic heterocycles. The van der Waals surface area contributed by atoms with Crippen molar-refractivity contribution >= 4 is 20.2 Å². The van der Waals surface area contributed by atoms with Gasteiger partial charge in [0.15, 0.2) is 23.0 Å². The van der Waals surface area contributed by atoms with Crippen molar-refractivity contribution < 1.29 is 44.1 Å². The largest absolute Gasteiger partial charge is 0.496 e. The van der Waals surface area contributed by atoms with Crippen LogP contribution in [0.25, 0.3) is 22.3 Å². The van der Waals surface area contributed by atoms with Crippen LogP contribution >= 0.6 is 0 Å². The van der Waals surface area contributed by atoms with Gasteiger partial charge in [0.25, 0.3) is 0 Å². The van der Waals surface area contributed by atoms with Gasteiger partial charge in [-0.1, -0.05) is 48.5 Å². The van der Waals surface area contributed by atoms with E-state index in [4.69, 9.17) is 27.3 Å². The highest BCUT2D eigenvalue weighted by Gasteiger charge is 2.27. The molecule has 0 atom stereocenters. The van der Waals surface area contributed by atoms with Crippen LogP contribution in [0.1, 0.15) is 12.5 Å². The summed E-state index contributed by atoms with van der Waals surface area (Å²) in [5.41, 5.74) is 2.82. The molecule has 4 aromatic carbocycles. The average molecular weight is 629 g/mol. The summed E-state index contributed by atoms with van der Waals surface area (Å²) >= 11 is 0. The van der Waals surface area contributed by atoms with Crippen molar-refractivity contribution in [3.63, 3.8) is 0 Å². The Labute approximate surface area is 252 Å². The molecule has 0 aliphatic heterocycles. The van der Waals surface area contributed by atoms with Crippen molar-refractivity contribution in [2.24, 2.45) is 0 Å². The van der Waals surface area contributed by atoms with Crippen molar-refractivity contribution in [1.29, 1.82) is 0 Å².